The van der Waals surface area contributed by atoms with Crippen LogP contribution in [-0.4, -0.2) is 27.9 Å². The number of rotatable bonds is 6. The zero-order chi connectivity index (χ0) is 25.3. The fourth-order valence-corrected chi connectivity index (χ4v) is 3.80. The van der Waals surface area contributed by atoms with Gasteiger partial charge in [0.1, 0.15) is 17.7 Å². The summed E-state index contributed by atoms with van der Waals surface area (Å²) >= 11 is 6.11. The molecule has 1 heterocycles. The Bertz CT molecular complexity index is 1370. The van der Waals surface area contributed by atoms with Crippen molar-refractivity contribution in [1.82, 2.24) is 15.1 Å². The van der Waals surface area contributed by atoms with Crippen molar-refractivity contribution in [2.75, 3.05) is 0 Å². The molecule has 0 bridgehead atoms. The van der Waals surface area contributed by atoms with Gasteiger partial charge in [-0.3, -0.25) is 4.79 Å². The summed E-state index contributed by atoms with van der Waals surface area (Å²) in [5, 5.41) is 7.50. The van der Waals surface area contributed by atoms with Gasteiger partial charge in [0.25, 0.3) is 0 Å². The Kier molecular flexibility index (Phi) is 7.93. The van der Waals surface area contributed by atoms with Crippen molar-refractivity contribution in [3.05, 3.63) is 88.8 Å². The number of hydrogen-bond acceptors (Lipinski definition) is 3. The Morgan fingerprint density at radius 3 is 2.42 bits per heavy atom. The number of aromatic nitrogens is 2. The molecule has 0 unspecified atom stereocenters. The van der Waals surface area contributed by atoms with E-state index in [1.165, 1.54) is 19.1 Å². The molecule has 3 aromatic carbocycles. The van der Waals surface area contributed by atoms with Crippen molar-refractivity contribution in [3.63, 3.8) is 0 Å². The summed E-state index contributed by atoms with van der Waals surface area (Å²) in [7, 11) is 0. The molecule has 0 aliphatic rings. The lowest BCUT2D eigenvalue weighted by Gasteiger charge is -2.27. The molecule has 2 atom stereocenters. The van der Waals surface area contributed by atoms with Gasteiger partial charge in [0.05, 0.1) is 23.4 Å². The third kappa shape index (κ3) is 5.79. The Morgan fingerprint density at radius 1 is 1.08 bits per heavy atom. The van der Waals surface area contributed by atoms with E-state index in [9.17, 15) is 22.4 Å². The van der Waals surface area contributed by atoms with Crippen LogP contribution in [0, 0.1) is 12.7 Å². The minimum absolute atomic E-state index is 0. The number of benzene rings is 3. The molecule has 0 radical (unpaired) electrons. The van der Waals surface area contributed by atoms with E-state index in [4.69, 9.17) is 16.3 Å². The van der Waals surface area contributed by atoms with Crippen LogP contribution >= 0.6 is 11.6 Å². The molecule has 1 aromatic heterocycles. The topological polar surface area (TPSA) is 56.1 Å². The number of carbonyl (C=O) groups is 1. The number of aryl methyl sites for hydroxylation is 1. The Balaban J connectivity index is 0.00000361. The van der Waals surface area contributed by atoms with Crippen LogP contribution in [0.25, 0.3) is 16.6 Å². The van der Waals surface area contributed by atoms with Crippen LogP contribution in [0.4, 0.5) is 17.6 Å². The molecular formula is C26H24ClF4N3O2. The largest absolute Gasteiger partial charge is 0.484 e. The summed E-state index contributed by atoms with van der Waals surface area (Å²) in [6.07, 6.45) is -4.37. The standard InChI is InChI=1S/C25H20ClF4N3O2.CH4/c1-14-11-16(3-9-21(14)26)23(15(2)32-24(34)25(28,29)30)35-20-8-10-22-17(12-20)13-31-33(22)19-6-4-18(27)5-7-19;/h3-13,15,23H,1-2H3,(H,32,34);1H4/t15-,23-;/m0./s1. The van der Waals surface area contributed by atoms with Crippen LogP contribution in [0.3, 0.4) is 0 Å². The van der Waals surface area contributed by atoms with Crippen molar-refractivity contribution >= 4 is 28.4 Å². The normalized spacial score (nSPS) is 13.1. The number of halogens is 5. The number of carbonyl (C=O) groups excluding carboxylic acids is 1. The summed E-state index contributed by atoms with van der Waals surface area (Å²) in [6.45, 7) is 3.20. The van der Waals surface area contributed by atoms with Crippen LogP contribution in [-0.2, 0) is 4.79 Å². The predicted octanol–water partition coefficient (Wildman–Crippen LogP) is 6.95. The van der Waals surface area contributed by atoms with E-state index in [0.29, 0.717) is 33.0 Å². The molecule has 190 valence electrons. The third-order valence-corrected chi connectivity index (χ3v) is 5.88. The molecule has 5 nitrogen and oxygen atoms in total. The second-order valence-electron chi connectivity index (χ2n) is 8.06. The average Bonchev–Trinajstić information content (AvgIpc) is 3.22. The summed E-state index contributed by atoms with van der Waals surface area (Å²) in [4.78, 5) is 11.6. The Morgan fingerprint density at radius 2 is 1.78 bits per heavy atom. The summed E-state index contributed by atoms with van der Waals surface area (Å²) < 4.78 is 59.6. The van der Waals surface area contributed by atoms with E-state index in [0.717, 1.165) is 5.52 Å². The average molecular weight is 522 g/mol. The summed E-state index contributed by atoms with van der Waals surface area (Å²) in [5.74, 6) is -2.06. The molecule has 1 amide bonds. The number of fused-ring (bicyclic) bond motifs is 1. The Labute approximate surface area is 210 Å². The van der Waals surface area contributed by atoms with Gasteiger partial charge >= 0.3 is 12.1 Å². The van der Waals surface area contributed by atoms with Gasteiger partial charge in [-0.1, -0.05) is 31.2 Å². The lowest BCUT2D eigenvalue weighted by molar-refractivity contribution is -0.174. The molecule has 36 heavy (non-hydrogen) atoms. The molecular weight excluding hydrogens is 498 g/mol. The minimum Gasteiger partial charge on any atom is -0.484 e. The van der Waals surface area contributed by atoms with Crippen molar-refractivity contribution < 1.29 is 27.1 Å². The van der Waals surface area contributed by atoms with Gasteiger partial charge in [0.2, 0.25) is 0 Å². The fourth-order valence-electron chi connectivity index (χ4n) is 3.69. The first kappa shape index (κ1) is 27.0. The highest BCUT2D eigenvalue weighted by molar-refractivity contribution is 6.31. The molecule has 1 N–H and O–H groups in total. The van der Waals surface area contributed by atoms with E-state index in [1.54, 1.807) is 66.3 Å². The number of nitrogens with zero attached hydrogens (tertiary/aromatic N) is 2. The second kappa shape index (κ2) is 10.6. The molecule has 0 aliphatic carbocycles. The van der Waals surface area contributed by atoms with Gasteiger partial charge in [0.15, 0.2) is 0 Å². The maximum Gasteiger partial charge on any atom is 0.471 e. The van der Waals surface area contributed by atoms with Gasteiger partial charge in [-0.15, -0.1) is 0 Å². The lowest BCUT2D eigenvalue weighted by Crippen LogP contribution is -2.45. The fraction of sp³-hybridized carbons (Fsp3) is 0.231. The van der Waals surface area contributed by atoms with Gasteiger partial charge in [-0.25, -0.2) is 9.07 Å². The van der Waals surface area contributed by atoms with Crippen molar-refractivity contribution in [2.24, 2.45) is 0 Å². The molecule has 10 heteroatoms. The van der Waals surface area contributed by atoms with E-state index >= 15 is 0 Å². The highest BCUT2D eigenvalue weighted by Crippen LogP contribution is 2.31. The van der Waals surface area contributed by atoms with Crippen LogP contribution in [0.5, 0.6) is 5.75 Å². The third-order valence-electron chi connectivity index (χ3n) is 5.45. The van der Waals surface area contributed by atoms with E-state index < -0.39 is 24.2 Å². The molecule has 0 spiro atoms. The van der Waals surface area contributed by atoms with Crippen LogP contribution in [0.1, 0.15) is 31.6 Å². The van der Waals surface area contributed by atoms with E-state index in [-0.39, 0.29) is 13.2 Å². The second-order valence-corrected chi connectivity index (χ2v) is 8.47. The van der Waals surface area contributed by atoms with Gasteiger partial charge in [-0.2, -0.15) is 18.3 Å². The number of alkyl halides is 3. The number of hydrogen-bond donors (Lipinski definition) is 1. The molecule has 4 rings (SSSR count). The van der Waals surface area contributed by atoms with Crippen LogP contribution in [0.15, 0.2) is 66.9 Å². The summed E-state index contributed by atoms with van der Waals surface area (Å²) in [5.41, 5.74) is 2.64. The maximum atomic E-state index is 13.3. The van der Waals surface area contributed by atoms with E-state index in [2.05, 4.69) is 5.10 Å². The maximum absolute atomic E-state index is 13.3. The zero-order valence-corrected chi connectivity index (χ0v) is 19.4. The van der Waals surface area contributed by atoms with Gasteiger partial charge < -0.3 is 10.1 Å². The molecule has 4 aromatic rings. The van der Waals surface area contributed by atoms with E-state index in [1.807, 2.05) is 5.32 Å². The quantitative estimate of drug-likeness (QED) is 0.279. The smallest absolute Gasteiger partial charge is 0.471 e. The number of amides is 1. The van der Waals surface area contributed by atoms with Crippen molar-refractivity contribution in [3.8, 4) is 11.4 Å². The first-order chi connectivity index (χ1) is 16.5. The van der Waals surface area contributed by atoms with Crippen LogP contribution < -0.4 is 10.1 Å². The Hall–Kier alpha value is -3.59. The highest BCUT2D eigenvalue weighted by Gasteiger charge is 2.40. The highest BCUT2D eigenvalue weighted by atomic mass is 35.5. The molecule has 0 saturated heterocycles. The molecule has 0 fully saturated rings. The van der Waals surface area contributed by atoms with Gasteiger partial charge in [-0.05, 0) is 73.5 Å². The lowest BCUT2D eigenvalue weighted by atomic mass is 10.0. The molecule has 0 aliphatic heterocycles. The SMILES string of the molecule is C.Cc1cc([C@@H](Oc2ccc3c(cnn3-c3ccc(F)cc3)c2)[C@H](C)NC(=O)C(F)(F)F)ccc1Cl. The minimum atomic E-state index is -5.03. The first-order valence-electron chi connectivity index (χ1n) is 10.6. The summed E-state index contributed by atoms with van der Waals surface area (Å²) in [6, 6.07) is 14.9. The van der Waals surface area contributed by atoms with Crippen molar-refractivity contribution in [1.29, 1.82) is 0 Å². The van der Waals surface area contributed by atoms with Crippen molar-refractivity contribution in [2.45, 2.75) is 39.6 Å². The number of ether oxygens (including phenoxy) is 1. The van der Waals surface area contributed by atoms with Gasteiger partial charge in [0, 0.05) is 10.4 Å². The monoisotopic (exact) mass is 521 g/mol. The van der Waals surface area contributed by atoms with Crippen LogP contribution in [0.2, 0.25) is 5.02 Å². The zero-order valence-electron chi connectivity index (χ0n) is 18.6. The molecule has 0 saturated carbocycles. The number of nitrogens with one attached hydrogen (secondary N) is 1. The predicted molar refractivity (Wildman–Crippen MR) is 131 cm³/mol. The first-order valence-corrected chi connectivity index (χ1v) is 10.9.